The van der Waals surface area contributed by atoms with Crippen LogP contribution in [-0.4, -0.2) is 26.3 Å². The van der Waals surface area contributed by atoms with Crippen molar-refractivity contribution >= 4 is 5.97 Å². The van der Waals surface area contributed by atoms with Gasteiger partial charge in [-0.25, -0.2) is 9.78 Å². The first-order valence-electron chi connectivity index (χ1n) is 6.81. The summed E-state index contributed by atoms with van der Waals surface area (Å²) in [4.78, 5) is 15.3. The monoisotopic (exact) mass is 288 g/mol. The number of aromatic amines is 1. The summed E-state index contributed by atoms with van der Waals surface area (Å²) in [6.07, 6.45) is 0. The third kappa shape index (κ3) is 4.13. The van der Waals surface area contributed by atoms with Crippen molar-refractivity contribution in [3.05, 3.63) is 47.0 Å². The number of carbonyl (C=O) groups is 1. The summed E-state index contributed by atoms with van der Waals surface area (Å²) in [5.74, 6) is 0.642. The molecule has 6 nitrogen and oxygen atoms in total. The van der Waals surface area contributed by atoms with E-state index in [1.807, 2.05) is 6.07 Å². The van der Waals surface area contributed by atoms with Gasteiger partial charge in [-0.15, -0.1) is 0 Å². The zero-order valence-electron chi connectivity index (χ0n) is 12.5. The largest absolute Gasteiger partial charge is 0.478 e. The molecule has 1 aromatic carbocycles. The Morgan fingerprint density at radius 2 is 2.10 bits per heavy atom. The Morgan fingerprint density at radius 1 is 1.33 bits per heavy atom. The lowest BCUT2D eigenvalue weighted by atomic mass is 9.96. The first-order valence-corrected chi connectivity index (χ1v) is 6.81. The van der Waals surface area contributed by atoms with Crippen molar-refractivity contribution in [3.63, 3.8) is 0 Å². The minimum absolute atomic E-state index is 0.0788. The number of hydrogen-bond acceptors (Lipinski definition) is 4. The second-order valence-corrected chi connectivity index (χ2v) is 5.96. The summed E-state index contributed by atoms with van der Waals surface area (Å²) < 4.78 is 0. The summed E-state index contributed by atoms with van der Waals surface area (Å²) in [6.45, 7) is 7.31. The van der Waals surface area contributed by atoms with Crippen molar-refractivity contribution in [2.24, 2.45) is 0 Å². The zero-order valence-corrected chi connectivity index (χ0v) is 12.5. The van der Waals surface area contributed by atoms with Gasteiger partial charge in [0, 0.05) is 12.0 Å². The molecule has 0 unspecified atom stereocenters. The number of benzene rings is 1. The number of rotatable bonds is 5. The van der Waals surface area contributed by atoms with E-state index >= 15 is 0 Å². The van der Waals surface area contributed by atoms with Crippen LogP contribution in [0, 0.1) is 0 Å². The van der Waals surface area contributed by atoms with Gasteiger partial charge in [-0.3, -0.25) is 5.10 Å². The first-order chi connectivity index (χ1) is 9.86. The van der Waals surface area contributed by atoms with Crippen LogP contribution < -0.4 is 5.32 Å². The van der Waals surface area contributed by atoms with E-state index in [9.17, 15) is 4.79 Å². The van der Waals surface area contributed by atoms with Crippen LogP contribution in [0.25, 0.3) is 0 Å². The average Bonchev–Trinajstić information content (AvgIpc) is 2.88. The summed E-state index contributed by atoms with van der Waals surface area (Å²) >= 11 is 0. The molecule has 21 heavy (non-hydrogen) atoms. The quantitative estimate of drug-likeness (QED) is 0.783. The van der Waals surface area contributed by atoms with Crippen LogP contribution in [0.4, 0.5) is 0 Å². The molecule has 1 aromatic heterocycles. The lowest BCUT2D eigenvalue weighted by molar-refractivity contribution is 0.0696. The molecule has 0 spiro atoms. The van der Waals surface area contributed by atoms with E-state index in [0.29, 0.717) is 18.7 Å². The van der Waals surface area contributed by atoms with Gasteiger partial charge in [-0.05, 0) is 17.7 Å². The van der Waals surface area contributed by atoms with Crippen molar-refractivity contribution in [2.45, 2.75) is 39.3 Å². The molecule has 0 atom stereocenters. The van der Waals surface area contributed by atoms with Crippen LogP contribution >= 0.6 is 0 Å². The highest BCUT2D eigenvalue weighted by atomic mass is 16.4. The molecule has 1 heterocycles. The van der Waals surface area contributed by atoms with Crippen LogP contribution in [0.1, 0.15) is 48.3 Å². The number of carboxylic acids is 1. The number of carboxylic acid groups (broad SMARTS) is 1. The number of hydrogen-bond donors (Lipinski definition) is 3. The van der Waals surface area contributed by atoms with E-state index in [-0.39, 0.29) is 5.41 Å². The van der Waals surface area contributed by atoms with Gasteiger partial charge in [0.05, 0.1) is 12.1 Å². The first kappa shape index (κ1) is 15.2. The van der Waals surface area contributed by atoms with Gasteiger partial charge in [0.1, 0.15) is 5.82 Å². The minimum Gasteiger partial charge on any atom is -0.478 e. The maximum absolute atomic E-state index is 10.9. The summed E-state index contributed by atoms with van der Waals surface area (Å²) in [7, 11) is 0. The molecule has 0 aliphatic rings. The van der Waals surface area contributed by atoms with Gasteiger partial charge < -0.3 is 10.4 Å². The van der Waals surface area contributed by atoms with Gasteiger partial charge >= 0.3 is 5.97 Å². The van der Waals surface area contributed by atoms with Crippen molar-refractivity contribution < 1.29 is 9.90 Å². The van der Waals surface area contributed by atoms with Crippen molar-refractivity contribution in [2.75, 3.05) is 0 Å². The molecule has 0 saturated carbocycles. The Labute approximate surface area is 123 Å². The molecule has 6 heteroatoms. The predicted octanol–water partition coefficient (Wildman–Crippen LogP) is 2.09. The van der Waals surface area contributed by atoms with Crippen LogP contribution in [0.15, 0.2) is 24.3 Å². The third-order valence-corrected chi connectivity index (χ3v) is 3.00. The lowest BCUT2D eigenvalue weighted by Crippen LogP contribution is -2.15. The average molecular weight is 288 g/mol. The fourth-order valence-electron chi connectivity index (χ4n) is 1.85. The number of H-pyrrole nitrogens is 1. The van der Waals surface area contributed by atoms with Gasteiger partial charge in [0.2, 0.25) is 0 Å². The highest BCUT2D eigenvalue weighted by molar-refractivity contribution is 5.87. The molecule has 2 rings (SSSR count). The Morgan fingerprint density at radius 3 is 2.71 bits per heavy atom. The maximum atomic E-state index is 10.9. The van der Waals surface area contributed by atoms with Gasteiger partial charge in [0.15, 0.2) is 5.82 Å². The van der Waals surface area contributed by atoms with E-state index in [1.54, 1.807) is 18.2 Å². The van der Waals surface area contributed by atoms with Crippen molar-refractivity contribution in [1.82, 2.24) is 20.5 Å². The number of aromatic nitrogens is 3. The smallest absolute Gasteiger partial charge is 0.335 e. The van der Waals surface area contributed by atoms with Crippen LogP contribution in [0.5, 0.6) is 0 Å². The summed E-state index contributed by atoms with van der Waals surface area (Å²) in [5, 5.41) is 19.3. The van der Waals surface area contributed by atoms with E-state index in [1.165, 1.54) is 0 Å². The molecule has 0 radical (unpaired) electrons. The SMILES string of the molecule is CC(C)(C)c1n[nH]c(CNCc2cccc(C(=O)O)c2)n1. The van der Waals surface area contributed by atoms with Gasteiger partial charge in [-0.2, -0.15) is 5.10 Å². The fraction of sp³-hybridized carbons (Fsp3) is 0.400. The Bertz CT molecular complexity index is 629. The van der Waals surface area contributed by atoms with Crippen molar-refractivity contribution in [1.29, 1.82) is 0 Å². The van der Waals surface area contributed by atoms with Crippen LogP contribution in [0.3, 0.4) is 0 Å². The minimum atomic E-state index is -0.915. The second-order valence-electron chi connectivity index (χ2n) is 5.96. The standard InChI is InChI=1S/C15H20N4O2/c1-15(2,3)14-17-12(18-19-14)9-16-8-10-5-4-6-11(7-10)13(20)21/h4-7,16H,8-9H2,1-3H3,(H,20,21)(H,17,18,19). The number of aromatic carboxylic acids is 1. The molecule has 2 aromatic rings. The maximum Gasteiger partial charge on any atom is 0.335 e. The molecule has 0 bridgehead atoms. The van der Waals surface area contributed by atoms with E-state index in [4.69, 9.17) is 5.11 Å². The third-order valence-electron chi connectivity index (χ3n) is 3.00. The fourth-order valence-corrected chi connectivity index (χ4v) is 1.85. The Kier molecular flexibility index (Phi) is 4.37. The van der Waals surface area contributed by atoms with E-state index in [2.05, 4.69) is 41.3 Å². The van der Waals surface area contributed by atoms with E-state index in [0.717, 1.165) is 17.2 Å². The summed E-state index contributed by atoms with van der Waals surface area (Å²) in [5.41, 5.74) is 1.14. The topological polar surface area (TPSA) is 90.9 Å². The van der Waals surface area contributed by atoms with Crippen molar-refractivity contribution in [3.8, 4) is 0 Å². The molecule has 0 fully saturated rings. The van der Waals surface area contributed by atoms with E-state index < -0.39 is 5.97 Å². The number of nitrogens with one attached hydrogen (secondary N) is 2. The van der Waals surface area contributed by atoms with Crippen LogP contribution in [0.2, 0.25) is 0 Å². The Hall–Kier alpha value is -2.21. The van der Waals surface area contributed by atoms with Crippen LogP contribution in [-0.2, 0) is 18.5 Å². The second kappa shape index (κ2) is 6.05. The lowest BCUT2D eigenvalue weighted by Gasteiger charge is -2.11. The molecule has 0 aliphatic carbocycles. The Balaban J connectivity index is 1.91. The highest BCUT2D eigenvalue weighted by Crippen LogP contribution is 2.17. The molecule has 112 valence electrons. The summed E-state index contributed by atoms with van der Waals surface area (Å²) in [6, 6.07) is 6.88. The van der Waals surface area contributed by atoms with Gasteiger partial charge in [-0.1, -0.05) is 32.9 Å². The molecule has 0 aliphatic heterocycles. The molecular formula is C15H20N4O2. The zero-order chi connectivity index (χ0) is 15.5. The number of nitrogens with zero attached hydrogens (tertiary/aromatic N) is 2. The highest BCUT2D eigenvalue weighted by Gasteiger charge is 2.18. The molecular weight excluding hydrogens is 268 g/mol. The predicted molar refractivity (Wildman–Crippen MR) is 79.0 cm³/mol. The normalized spacial score (nSPS) is 11.6. The molecule has 0 amide bonds. The molecule has 3 N–H and O–H groups in total. The van der Waals surface area contributed by atoms with Gasteiger partial charge in [0.25, 0.3) is 0 Å². The molecule has 0 saturated heterocycles.